The Labute approximate surface area is 138 Å². The molecule has 0 saturated heterocycles. The number of aliphatic hydroxyl groups is 1. The van der Waals surface area contributed by atoms with E-state index in [1.165, 1.54) is 23.5 Å². The molecule has 3 rings (SSSR count). The summed E-state index contributed by atoms with van der Waals surface area (Å²) in [5.74, 6) is -0.263. The van der Waals surface area contributed by atoms with Crippen LogP contribution in [-0.2, 0) is 5.60 Å². The molecule has 1 aromatic heterocycles. The third-order valence-corrected chi connectivity index (χ3v) is 4.42. The van der Waals surface area contributed by atoms with E-state index in [1.54, 1.807) is 19.1 Å². The number of hydrogen-bond donors (Lipinski definition) is 2. The molecule has 1 heterocycles. The molecule has 1 unspecified atom stereocenters. The highest BCUT2D eigenvalue weighted by atomic mass is 32.1. The molecule has 0 radical (unpaired) electrons. The number of benzene rings is 2. The van der Waals surface area contributed by atoms with Gasteiger partial charge in [0.25, 0.3) is 0 Å². The highest BCUT2D eigenvalue weighted by molar-refractivity contribution is 7.14. The first-order chi connectivity index (χ1) is 11.0. The fourth-order valence-electron chi connectivity index (χ4n) is 2.26. The van der Waals surface area contributed by atoms with Gasteiger partial charge in [0, 0.05) is 17.5 Å². The predicted molar refractivity (Wildman–Crippen MR) is 92.0 cm³/mol. The molecule has 0 bridgehead atoms. The monoisotopic (exact) mass is 328 g/mol. The van der Waals surface area contributed by atoms with Gasteiger partial charge in [0.15, 0.2) is 5.13 Å². The molecule has 5 heteroatoms. The van der Waals surface area contributed by atoms with Gasteiger partial charge in [0.1, 0.15) is 11.4 Å². The standard InChI is InChI=1S/C18H17FN2OS/c1-18(22,14-5-3-2-4-6-14)12-20-17-21-16(11-23-17)13-7-9-15(19)10-8-13/h2-11,22H,12H2,1H3,(H,20,21). The van der Waals surface area contributed by atoms with Gasteiger partial charge in [-0.25, -0.2) is 9.37 Å². The second kappa shape index (κ2) is 6.48. The number of nitrogens with zero attached hydrogens (tertiary/aromatic N) is 1. The van der Waals surface area contributed by atoms with E-state index in [4.69, 9.17) is 0 Å². The van der Waals surface area contributed by atoms with Gasteiger partial charge in [-0.05, 0) is 36.8 Å². The van der Waals surface area contributed by atoms with Crippen molar-refractivity contribution < 1.29 is 9.50 Å². The summed E-state index contributed by atoms with van der Waals surface area (Å²) in [4.78, 5) is 4.48. The highest BCUT2D eigenvalue weighted by Gasteiger charge is 2.22. The summed E-state index contributed by atoms with van der Waals surface area (Å²) in [6.07, 6.45) is 0. The Morgan fingerprint density at radius 3 is 2.52 bits per heavy atom. The zero-order valence-electron chi connectivity index (χ0n) is 12.7. The van der Waals surface area contributed by atoms with Crippen LogP contribution < -0.4 is 5.32 Å². The molecule has 2 N–H and O–H groups in total. The van der Waals surface area contributed by atoms with E-state index in [2.05, 4.69) is 10.3 Å². The van der Waals surface area contributed by atoms with Crippen LogP contribution in [0.3, 0.4) is 0 Å². The number of hydrogen-bond acceptors (Lipinski definition) is 4. The topological polar surface area (TPSA) is 45.1 Å². The molecule has 2 aromatic carbocycles. The van der Waals surface area contributed by atoms with E-state index in [0.29, 0.717) is 6.54 Å². The molecule has 0 aliphatic rings. The van der Waals surface area contributed by atoms with Crippen molar-refractivity contribution >= 4 is 16.5 Å². The van der Waals surface area contributed by atoms with Crippen molar-refractivity contribution in [3.8, 4) is 11.3 Å². The summed E-state index contributed by atoms with van der Waals surface area (Å²) in [7, 11) is 0. The van der Waals surface area contributed by atoms with Gasteiger partial charge in [-0.1, -0.05) is 30.3 Å². The minimum Gasteiger partial charge on any atom is -0.384 e. The third kappa shape index (κ3) is 3.75. The van der Waals surface area contributed by atoms with E-state index in [0.717, 1.165) is 22.0 Å². The molecule has 0 aliphatic carbocycles. The molecule has 3 aromatic rings. The quantitative estimate of drug-likeness (QED) is 0.735. The minimum atomic E-state index is -0.983. The van der Waals surface area contributed by atoms with E-state index in [-0.39, 0.29) is 5.82 Å². The van der Waals surface area contributed by atoms with Crippen LogP contribution in [0.15, 0.2) is 60.0 Å². The van der Waals surface area contributed by atoms with Gasteiger partial charge in [-0.15, -0.1) is 11.3 Å². The van der Waals surface area contributed by atoms with Gasteiger partial charge in [-0.3, -0.25) is 0 Å². The molecule has 0 fully saturated rings. The fourth-order valence-corrected chi connectivity index (χ4v) is 2.97. The van der Waals surface area contributed by atoms with Crippen molar-refractivity contribution in [3.63, 3.8) is 0 Å². The van der Waals surface area contributed by atoms with E-state index < -0.39 is 5.60 Å². The lowest BCUT2D eigenvalue weighted by molar-refractivity contribution is 0.0715. The Balaban J connectivity index is 1.69. The number of aromatic nitrogens is 1. The average Bonchev–Trinajstić information content (AvgIpc) is 3.04. The number of nitrogens with one attached hydrogen (secondary N) is 1. The molecular weight excluding hydrogens is 311 g/mol. The van der Waals surface area contributed by atoms with Crippen LogP contribution in [0.4, 0.5) is 9.52 Å². The highest BCUT2D eigenvalue weighted by Crippen LogP contribution is 2.27. The lowest BCUT2D eigenvalue weighted by atomic mass is 9.96. The van der Waals surface area contributed by atoms with E-state index >= 15 is 0 Å². The molecule has 0 amide bonds. The van der Waals surface area contributed by atoms with E-state index in [1.807, 2.05) is 35.7 Å². The Morgan fingerprint density at radius 1 is 1.13 bits per heavy atom. The van der Waals surface area contributed by atoms with Crippen LogP contribution >= 0.6 is 11.3 Å². The summed E-state index contributed by atoms with van der Waals surface area (Å²) in [5, 5.41) is 16.4. The van der Waals surface area contributed by atoms with Crippen LogP contribution in [0, 0.1) is 5.82 Å². The zero-order chi connectivity index (χ0) is 16.3. The van der Waals surface area contributed by atoms with Crippen molar-refractivity contribution in [2.45, 2.75) is 12.5 Å². The van der Waals surface area contributed by atoms with Gasteiger partial charge in [-0.2, -0.15) is 0 Å². The molecule has 1 atom stereocenters. The summed E-state index contributed by atoms with van der Waals surface area (Å²) < 4.78 is 13.0. The maximum absolute atomic E-state index is 13.0. The lowest BCUT2D eigenvalue weighted by Crippen LogP contribution is -2.30. The van der Waals surface area contributed by atoms with Crippen LogP contribution in [0.2, 0.25) is 0 Å². The zero-order valence-corrected chi connectivity index (χ0v) is 13.5. The summed E-state index contributed by atoms with van der Waals surface area (Å²) in [6, 6.07) is 15.8. The summed E-state index contributed by atoms with van der Waals surface area (Å²) in [6.45, 7) is 2.12. The first kappa shape index (κ1) is 15.6. The Bertz CT molecular complexity index is 769. The summed E-state index contributed by atoms with van der Waals surface area (Å²) >= 11 is 1.46. The van der Waals surface area contributed by atoms with Crippen LogP contribution in [0.5, 0.6) is 0 Å². The largest absolute Gasteiger partial charge is 0.384 e. The van der Waals surface area contributed by atoms with Crippen molar-refractivity contribution in [3.05, 3.63) is 71.4 Å². The first-order valence-corrected chi connectivity index (χ1v) is 8.16. The second-order valence-corrected chi connectivity index (χ2v) is 6.40. The fraction of sp³-hybridized carbons (Fsp3) is 0.167. The Kier molecular flexibility index (Phi) is 4.41. The number of anilines is 1. The van der Waals surface area contributed by atoms with E-state index in [9.17, 15) is 9.50 Å². The number of rotatable bonds is 5. The van der Waals surface area contributed by atoms with Gasteiger partial charge < -0.3 is 10.4 Å². The number of thiazole rings is 1. The van der Waals surface area contributed by atoms with Crippen molar-refractivity contribution in [1.29, 1.82) is 0 Å². The lowest BCUT2D eigenvalue weighted by Gasteiger charge is -2.24. The van der Waals surface area contributed by atoms with Crippen molar-refractivity contribution in [1.82, 2.24) is 4.98 Å². The number of halogens is 1. The Morgan fingerprint density at radius 2 is 1.83 bits per heavy atom. The second-order valence-electron chi connectivity index (χ2n) is 5.54. The maximum atomic E-state index is 13.0. The van der Waals surface area contributed by atoms with Gasteiger partial charge in [0.2, 0.25) is 0 Å². The smallest absolute Gasteiger partial charge is 0.183 e. The molecule has 3 nitrogen and oxygen atoms in total. The van der Waals surface area contributed by atoms with Crippen molar-refractivity contribution in [2.75, 3.05) is 11.9 Å². The maximum Gasteiger partial charge on any atom is 0.183 e. The molecule has 0 aliphatic heterocycles. The van der Waals surface area contributed by atoms with Crippen LogP contribution in [-0.4, -0.2) is 16.6 Å². The SMILES string of the molecule is CC(O)(CNc1nc(-c2ccc(F)cc2)cs1)c1ccccc1. The molecule has 118 valence electrons. The average molecular weight is 328 g/mol. The van der Waals surface area contributed by atoms with Gasteiger partial charge in [0.05, 0.1) is 5.69 Å². The predicted octanol–water partition coefficient (Wildman–Crippen LogP) is 4.27. The molecular formula is C18H17FN2OS. The molecule has 0 spiro atoms. The minimum absolute atomic E-state index is 0.263. The first-order valence-electron chi connectivity index (χ1n) is 7.28. The Hall–Kier alpha value is -2.24. The molecule has 0 saturated carbocycles. The van der Waals surface area contributed by atoms with Crippen LogP contribution in [0.1, 0.15) is 12.5 Å². The van der Waals surface area contributed by atoms with Crippen molar-refractivity contribution in [2.24, 2.45) is 0 Å². The third-order valence-electron chi connectivity index (χ3n) is 3.62. The normalized spacial score (nSPS) is 13.5. The molecule has 23 heavy (non-hydrogen) atoms. The summed E-state index contributed by atoms with van der Waals surface area (Å²) in [5.41, 5.74) is 1.52. The van der Waals surface area contributed by atoms with Crippen LogP contribution in [0.25, 0.3) is 11.3 Å². The van der Waals surface area contributed by atoms with Gasteiger partial charge >= 0.3 is 0 Å².